The summed E-state index contributed by atoms with van der Waals surface area (Å²) in [5.41, 5.74) is 2.32. The molecule has 0 radical (unpaired) electrons. The number of carbonyl (C=O) groups excluding carboxylic acids is 1. The van der Waals surface area contributed by atoms with Crippen LogP contribution in [0.25, 0.3) is 0 Å². The third-order valence-corrected chi connectivity index (χ3v) is 4.91. The minimum Gasteiger partial charge on any atom is -0.337 e. The van der Waals surface area contributed by atoms with Gasteiger partial charge >= 0.3 is 0 Å². The number of amides is 1. The molecule has 3 rings (SSSR count). The molecule has 1 fully saturated rings. The standard InChI is InChI=1S/C18H18BrNO/c19-11-16-13-20(12-14-7-3-1-4-8-14)18(21)17(16)15-9-5-2-6-10-15/h1-10,16-17H,11-13H2/t16-,17-/m1/s1. The van der Waals surface area contributed by atoms with Gasteiger partial charge in [0.1, 0.15) is 0 Å². The lowest BCUT2D eigenvalue weighted by molar-refractivity contribution is -0.129. The van der Waals surface area contributed by atoms with Crippen LogP contribution in [-0.2, 0) is 11.3 Å². The maximum atomic E-state index is 12.8. The molecule has 0 N–H and O–H groups in total. The fraction of sp³-hybridized carbons (Fsp3) is 0.278. The topological polar surface area (TPSA) is 20.3 Å². The van der Waals surface area contributed by atoms with Gasteiger partial charge in [-0.3, -0.25) is 4.79 Å². The zero-order chi connectivity index (χ0) is 14.7. The molecule has 2 nitrogen and oxygen atoms in total. The van der Waals surface area contributed by atoms with Crippen molar-refractivity contribution in [2.24, 2.45) is 5.92 Å². The molecule has 0 aromatic heterocycles. The molecular weight excluding hydrogens is 326 g/mol. The molecule has 2 aromatic carbocycles. The maximum absolute atomic E-state index is 12.8. The fourth-order valence-electron chi connectivity index (χ4n) is 3.04. The Morgan fingerprint density at radius 2 is 1.62 bits per heavy atom. The van der Waals surface area contributed by atoms with Gasteiger partial charge in [-0.15, -0.1) is 0 Å². The molecule has 1 amide bonds. The van der Waals surface area contributed by atoms with Gasteiger partial charge in [0, 0.05) is 24.3 Å². The van der Waals surface area contributed by atoms with Crippen LogP contribution < -0.4 is 0 Å². The normalized spacial score (nSPS) is 21.8. The molecule has 108 valence electrons. The Bertz CT molecular complexity index is 599. The molecule has 0 saturated carbocycles. The minimum absolute atomic E-state index is 0.0192. The van der Waals surface area contributed by atoms with Crippen molar-refractivity contribution in [3.8, 4) is 0 Å². The average Bonchev–Trinajstić information content (AvgIpc) is 2.85. The SMILES string of the molecule is O=C1[C@H](c2ccccc2)[C@H](CBr)CN1Cc1ccccc1. The Labute approximate surface area is 133 Å². The van der Waals surface area contributed by atoms with Crippen molar-refractivity contribution in [3.63, 3.8) is 0 Å². The maximum Gasteiger partial charge on any atom is 0.230 e. The first-order chi connectivity index (χ1) is 10.3. The van der Waals surface area contributed by atoms with Crippen molar-refractivity contribution in [1.82, 2.24) is 4.90 Å². The van der Waals surface area contributed by atoms with Crippen molar-refractivity contribution >= 4 is 21.8 Å². The lowest BCUT2D eigenvalue weighted by Gasteiger charge is -2.16. The molecule has 1 heterocycles. The lowest BCUT2D eigenvalue weighted by atomic mass is 9.90. The third kappa shape index (κ3) is 3.03. The van der Waals surface area contributed by atoms with E-state index in [4.69, 9.17) is 0 Å². The molecule has 2 aromatic rings. The van der Waals surface area contributed by atoms with E-state index in [1.165, 1.54) is 5.56 Å². The first kappa shape index (κ1) is 14.3. The van der Waals surface area contributed by atoms with Gasteiger partial charge in [-0.1, -0.05) is 76.6 Å². The number of hydrogen-bond donors (Lipinski definition) is 0. The zero-order valence-electron chi connectivity index (χ0n) is 11.8. The molecule has 0 spiro atoms. The van der Waals surface area contributed by atoms with E-state index in [1.54, 1.807) is 0 Å². The van der Waals surface area contributed by atoms with Crippen molar-refractivity contribution in [2.75, 3.05) is 11.9 Å². The van der Waals surface area contributed by atoms with E-state index in [-0.39, 0.29) is 11.8 Å². The van der Waals surface area contributed by atoms with Gasteiger partial charge in [-0.05, 0) is 11.1 Å². The summed E-state index contributed by atoms with van der Waals surface area (Å²) in [6.07, 6.45) is 0. The second kappa shape index (κ2) is 6.44. The molecular formula is C18H18BrNO. The zero-order valence-corrected chi connectivity index (χ0v) is 13.4. The second-order valence-electron chi connectivity index (χ2n) is 5.51. The summed E-state index contributed by atoms with van der Waals surface area (Å²) < 4.78 is 0. The van der Waals surface area contributed by atoms with Gasteiger partial charge in [-0.25, -0.2) is 0 Å². The smallest absolute Gasteiger partial charge is 0.230 e. The first-order valence-electron chi connectivity index (χ1n) is 7.23. The van der Waals surface area contributed by atoms with E-state index in [2.05, 4.69) is 40.2 Å². The first-order valence-corrected chi connectivity index (χ1v) is 8.35. The monoisotopic (exact) mass is 343 g/mol. The Morgan fingerprint density at radius 3 is 2.24 bits per heavy atom. The quantitative estimate of drug-likeness (QED) is 0.772. The second-order valence-corrected chi connectivity index (χ2v) is 6.15. The Kier molecular flexibility index (Phi) is 4.39. The van der Waals surface area contributed by atoms with Crippen LogP contribution in [0, 0.1) is 5.92 Å². The summed E-state index contributed by atoms with van der Waals surface area (Å²) >= 11 is 3.58. The van der Waals surface area contributed by atoms with Gasteiger partial charge in [-0.2, -0.15) is 0 Å². The molecule has 3 heteroatoms. The van der Waals surface area contributed by atoms with E-state index in [9.17, 15) is 4.79 Å². The van der Waals surface area contributed by atoms with Gasteiger partial charge in [0.05, 0.1) is 5.92 Å². The fourth-order valence-corrected chi connectivity index (χ4v) is 3.61. The van der Waals surface area contributed by atoms with Gasteiger partial charge in [0.2, 0.25) is 5.91 Å². The summed E-state index contributed by atoms with van der Waals surface area (Å²) in [4.78, 5) is 14.8. The van der Waals surface area contributed by atoms with Crippen LogP contribution in [-0.4, -0.2) is 22.7 Å². The van der Waals surface area contributed by atoms with Crippen molar-refractivity contribution in [2.45, 2.75) is 12.5 Å². The van der Waals surface area contributed by atoms with E-state index in [1.807, 2.05) is 41.3 Å². The van der Waals surface area contributed by atoms with Crippen LogP contribution in [0.1, 0.15) is 17.0 Å². The number of halogens is 1. The molecule has 0 bridgehead atoms. The highest BCUT2D eigenvalue weighted by Crippen LogP contribution is 2.35. The van der Waals surface area contributed by atoms with Crippen LogP contribution in [0.2, 0.25) is 0 Å². The molecule has 1 aliphatic heterocycles. The van der Waals surface area contributed by atoms with Crippen LogP contribution in [0.4, 0.5) is 0 Å². The van der Waals surface area contributed by atoms with Crippen LogP contribution in [0.5, 0.6) is 0 Å². The highest BCUT2D eigenvalue weighted by atomic mass is 79.9. The van der Waals surface area contributed by atoms with Crippen LogP contribution in [0.15, 0.2) is 60.7 Å². The molecule has 0 unspecified atom stereocenters. The van der Waals surface area contributed by atoms with Gasteiger partial charge in [0.15, 0.2) is 0 Å². The summed E-state index contributed by atoms with van der Waals surface area (Å²) in [6, 6.07) is 20.3. The van der Waals surface area contributed by atoms with Crippen molar-refractivity contribution in [1.29, 1.82) is 0 Å². The summed E-state index contributed by atoms with van der Waals surface area (Å²) in [5, 5.41) is 0.851. The van der Waals surface area contributed by atoms with Gasteiger partial charge in [0.25, 0.3) is 0 Å². The number of alkyl halides is 1. The average molecular weight is 344 g/mol. The molecule has 21 heavy (non-hydrogen) atoms. The van der Waals surface area contributed by atoms with E-state index in [0.717, 1.165) is 17.4 Å². The molecule has 2 atom stereocenters. The molecule has 1 aliphatic rings. The van der Waals surface area contributed by atoms with Crippen molar-refractivity contribution < 1.29 is 4.79 Å². The van der Waals surface area contributed by atoms with Crippen molar-refractivity contribution in [3.05, 3.63) is 71.8 Å². The molecule has 1 saturated heterocycles. The Morgan fingerprint density at radius 1 is 1.00 bits per heavy atom. The van der Waals surface area contributed by atoms with E-state index in [0.29, 0.717) is 12.5 Å². The Balaban J connectivity index is 1.81. The van der Waals surface area contributed by atoms with Gasteiger partial charge < -0.3 is 4.90 Å². The Hall–Kier alpha value is -1.61. The third-order valence-electron chi connectivity index (χ3n) is 4.08. The lowest BCUT2D eigenvalue weighted by Crippen LogP contribution is -2.26. The molecule has 0 aliphatic carbocycles. The number of benzene rings is 2. The number of hydrogen-bond acceptors (Lipinski definition) is 1. The number of nitrogens with zero attached hydrogens (tertiary/aromatic N) is 1. The van der Waals surface area contributed by atoms with Crippen LogP contribution >= 0.6 is 15.9 Å². The predicted octanol–water partition coefficient (Wildman–Crippen LogP) is 3.82. The summed E-state index contributed by atoms with van der Waals surface area (Å²) in [5.74, 6) is 0.562. The predicted molar refractivity (Wildman–Crippen MR) is 88.3 cm³/mol. The highest BCUT2D eigenvalue weighted by molar-refractivity contribution is 9.09. The number of carbonyl (C=O) groups is 1. The largest absolute Gasteiger partial charge is 0.337 e. The van der Waals surface area contributed by atoms with E-state index < -0.39 is 0 Å². The number of rotatable bonds is 4. The summed E-state index contributed by atoms with van der Waals surface area (Å²) in [6.45, 7) is 1.52. The van der Waals surface area contributed by atoms with Crippen LogP contribution in [0.3, 0.4) is 0 Å². The van der Waals surface area contributed by atoms with E-state index >= 15 is 0 Å². The number of likely N-dealkylation sites (tertiary alicyclic amines) is 1. The minimum atomic E-state index is -0.0192. The summed E-state index contributed by atoms with van der Waals surface area (Å²) in [7, 11) is 0. The highest BCUT2D eigenvalue weighted by Gasteiger charge is 2.40.